The quantitative estimate of drug-likeness (QED) is 0.0418. The van der Waals surface area contributed by atoms with E-state index in [1.165, 1.54) is 0 Å². The molecule has 0 saturated carbocycles. The lowest BCUT2D eigenvalue weighted by atomic mass is 10.0. The highest BCUT2D eigenvalue weighted by molar-refractivity contribution is 6.13. The van der Waals surface area contributed by atoms with Crippen molar-refractivity contribution < 1.29 is 82.8 Å². The summed E-state index contributed by atoms with van der Waals surface area (Å²) in [6, 6.07) is 5.53. The first kappa shape index (κ1) is 44.5. The van der Waals surface area contributed by atoms with E-state index in [1.54, 1.807) is 0 Å². The molecular formula is C40H32F8N2O10. The predicted molar refractivity (Wildman–Crippen MR) is 190 cm³/mol. The first-order chi connectivity index (χ1) is 28.3. The first-order valence-corrected chi connectivity index (χ1v) is 18.0. The highest BCUT2D eigenvalue weighted by atomic mass is 19.4. The standard InChI is InChI=1S/C40H32F8N2O10/c41-27-21-23(57-19-5-1-3-17-49-31(51)13-14-32(49)52)7-9-25(27)37(55)59-29-11-12-30(36(40(46,47)48)35(29)39(43,44)45)60-38(56)26-10-8-24(22-28(26)42)58-20-6-2-4-18-50-33(53)15-16-34(50)54/h7-16,21-22H,1-6,17-20H2. The molecule has 3 aromatic carbocycles. The van der Waals surface area contributed by atoms with Gasteiger partial charge in [0.05, 0.1) is 24.3 Å². The number of carbonyl (C=O) groups excluding carboxylic acids is 6. The second-order valence-electron chi connectivity index (χ2n) is 13.0. The van der Waals surface area contributed by atoms with Crippen LogP contribution in [0.25, 0.3) is 0 Å². The highest BCUT2D eigenvalue weighted by Gasteiger charge is 2.49. The molecule has 0 bridgehead atoms. The monoisotopic (exact) mass is 852 g/mol. The summed E-state index contributed by atoms with van der Waals surface area (Å²) in [4.78, 5) is 74.0. The Morgan fingerprint density at radius 1 is 0.500 bits per heavy atom. The predicted octanol–water partition coefficient (Wildman–Crippen LogP) is 7.39. The second kappa shape index (κ2) is 19.0. The first-order valence-electron chi connectivity index (χ1n) is 18.0. The fourth-order valence-electron chi connectivity index (χ4n) is 5.89. The van der Waals surface area contributed by atoms with Gasteiger partial charge in [-0.15, -0.1) is 0 Å². The fourth-order valence-corrected chi connectivity index (χ4v) is 5.89. The molecule has 3 aromatic rings. The Labute approximate surface area is 334 Å². The summed E-state index contributed by atoms with van der Waals surface area (Å²) in [7, 11) is 0. The van der Waals surface area contributed by atoms with E-state index < -0.39 is 93.3 Å². The van der Waals surface area contributed by atoms with Crippen molar-refractivity contribution in [3.63, 3.8) is 0 Å². The Hall–Kier alpha value is -6.60. The average Bonchev–Trinajstić information content (AvgIpc) is 3.67. The molecule has 4 amide bonds. The number of hydrogen-bond acceptors (Lipinski definition) is 10. The minimum atomic E-state index is -5.90. The van der Waals surface area contributed by atoms with Gasteiger partial charge < -0.3 is 18.9 Å². The zero-order valence-electron chi connectivity index (χ0n) is 31.0. The van der Waals surface area contributed by atoms with Crippen LogP contribution in [-0.2, 0) is 31.5 Å². The van der Waals surface area contributed by atoms with E-state index in [1.807, 2.05) is 0 Å². The molecule has 2 aliphatic rings. The van der Waals surface area contributed by atoms with Gasteiger partial charge in [0, 0.05) is 49.5 Å². The molecule has 0 unspecified atom stereocenters. The van der Waals surface area contributed by atoms with E-state index in [0.717, 1.165) is 58.4 Å². The van der Waals surface area contributed by atoms with Gasteiger partial charge in [0.2, 0.25) is 0 Å². The third-order valence-corrected chi connectivity index (χ3v) is 8.81. The van der Waals surface area contributed by atoms with Gasteiger partial charge in [0.1, 0.15) is 45.8 Å². The van der Waals surface area contributed by atoms with Crippen molar-refractivity contribution >= 4 is 35.6 Å². The number of nitrogens with zero attached hydrogens (tertiary/aromatic N) is 2. The van der Waals surface area contributed by atoms with Gasteiger partial charge in [0.15, 0.2) is 0 Å². The average molecular weight is 853 g/mol. The van der Waals surface area contributed by atoms with E-state index in [0.29, 0.717) is 50.7 Å². The normalized spacial score (nSPS) is 14.1. The number of unbranched alkanes of at least 4 members (excludes halogenated alkanes) is 4. The van der Waals surface area contributed by atoms with Crippen molar-refractivity contribution in [3.8, 4) is 23.0 Å². The maximum Gasteiger partial charge on any atom is 0.420 e. The van der Waals surface area contributed by atoms with Crippen LogP contribution < -0.4 is 18.9 Å². The molecule has 0 N–H and O–H groups in total. The molecule has 0 aromatic heterocycles. The van der Waals surface area contributed by atoms with Gasteiger partial charge in [-0.2, -0.15) is 26.3 Å². The van der Waals surface area contributed by atoms with Crippen LogP contribution in [0.2, 0.25) is 0 Å². The topological polar surface area (TPSA) is 146 Å². The van der Waals surface area contributed by atoms with E-state index in [9.17, 15) is 63.9 Å². The van der Waals surface area contributed by atoms with E-state index >= 15 is 0 Å². The molecule has 0 spiro atoms. The van der Waals surface area contributed by atoms with E-state index in [4.69, 9.17) is 9.47 Å². The van der Waals surface area contributed by atoms with Crippen LogP contribution in [-0.4, -0.2) is 71.7 Å². The minimum Gasteiger partial charge on any atom is -0.493 e. The number of alkyl halides is 6. The Balaban J connectivity index is 1.20. The maximum atomic E-state index is 14.9. The molecule has 0 fully saturated rings. The van der Waals surface area contributed by atoms with Gasteiger partial charge in [-0.3, -0.25) is 29.0 Å². The summed E-state index contributed by atoms with van der Waals surface area (Å²) < 4.78 is 136. The Kier molecular flexibility index (Phi) is 14.1. The van der Waals surface area contributed by atoms with Gasteiger partial charge in [0.25, 0.3) is 23.6 Å². The minimum absolute atomic E-state index is 0.0257. The van der Waals surface area contributed by atoms with Gasteiger partial charge in [-0.05, 0) is 74.9 Å². The number of amides is 4. The lowest BCUT2D eigenvalue weighted by Gasteiger charge is -2.21. The van der Waals surface area contributed by atoms with Gasteiger partial charge in [-0.25, -0.2) is 18.4 Å². The Bertz CT molecular complexity index is 2050. The number of hydrogen-bond donors (Lipinski definition) is 0. The van der Waals surface area contributed by atoms with Crippen LogP contribution in [0.4, 0.5) is 35.1 Å². The molecule has 12 nitrogen and oxygen atoms in total. The molecule has 60 heavy (non-hydrogen) atoms. The van der Waals surface area contributed by atoms with Crippen LogP contribution in [0, 0.1) is 11.6 Å². The fraction of sp³-hybridized carbons (Fsp3) is 0.300. The summed E-state index contributed by atoms with van der Waals surface area (Å²) in [5.41, 5.74) is -7.13. The Morgan fingerprint density at radius 3 is 1.17 bits per heavy atom. The van der Waals surface area contributed by atoms with E-state index in [2.05, 4.69) is 9.47 Å². The van der Waals surface area contributed by atoms with Crippen molar-refractivity contribution in [2.24, 2.45) is 0 Å². The molecule has 5 rings (SSSR count). The summed E-state index contributed by atoms with van der Waals surface area (Å²) in [5, 5.41) is 0. The number of rotatable bonds is 18. The lowest BCUT2D eigenvalue weighted by Crippen LogP contribution is -2.30. The zero-order valence-corrected chi connectivity index (χ0v) is 31.0. The van der Waals surface area contributed by atoms with Crippen LogP contribution in [0.1, 0.15) is 70.4 Å². The number of esters is 2. The van der Waals surface area contributed by atoms with Crippen LogP contribution in [0.3, 0.4) is 0 Å². The van der Waals surface area contributed by atoms with Crippen LogP contribution in [0.5, 0.6) is 23.0 Å². The molecule has 0 atom stereocenters. The van der Waals surface area contributed by atoms with Crippen LogP contribution in [0.15, 0.2) is 72.8 Å². The molecule has 318 valence electrons. The number of ether oxygens (including phenoxy) is 4. The third kappa shape index (κ3) is 11.1. The highest BCUT2D eigenvalue weighted by Crippen LogP contribution is 2.49. The van der Waals surface area contributed by atoms with Crippen molar-refractivity contribution in [2.75, 3.05) is 26.3 Å². The van der Waals surface area contributed by atoms with Gasteiger partial charge in [-0.1, -0.05) is 0 Å². The van der Waals surface area contributed by atoms with Crippen molar-refractivity contribution in [3.05, 3.63) is 107 Å². The Morgan fingerprint density at radius 2 is 0.850 bits per heavy atom. The SMILES string of the molecule is O=C(Oc1ccc(OC(=O)c2ccc(OCCCCCN3C(=O)C=CC3=O)cc2F)c(C(F)(F)F)c1C(F)(F)F)c1ccc(OCCCCCN2C(=O)C=CC2=O)cc1F. The zero-order chi connectivity index (χ0) is 43.8. The largest absolute Gasteiger partial charge is 0.493 e. The third-order valence-electron chi connectivity index (χ3n) is 8.81. The number of benzene rings is 3. The number of halogens is 8. The molecule has 2 heterocycles. The summed E-state index contributed by atoms with van der Waals surface area (Å²) in [6.45, 7) is 0.404. The van der Waals surface area contributed by atoms with Crippen molar-refractivity contribution in [1.82, 2.24) is 9.80 Å². The number of imide groups is 2. The molecule has 0 radical (unpaired) electrons. The molecule has 2 aliphatic heterocycles. The summed E-state index contributed by atoms with van der Waals surface area (Å²) >= 11 is 0. The lowest BCUT2D eigenvalue weighted by molar-refractivity contribution is -0.163. The second-order valence-corrected chi connectivity index (χ2v) is 13.0. The molecular weight excluding hydrogens is 820 g/mol. The van der Waals surface area contributed by atoms with Crippen molar-refractivity contribution in [2.45, 2.75) is 50.9 Å². The number of carbonyl (C=O) groups is 6. The smallest absolute Gasteiger partial charge is 0.420 e. The van der Waals surface area contributed by atoms with Crippen LogP contribution >= 0.6 is 0 Å². The molecule has 0 saturated heterocycles. The molecule has 20 heteroatoms. The van der Waals surface area contributed by atoms with Gasteiger partial charge >= 0.3 is 24.3 Å². The summed E-state index contributed by atoms with van der Waals surface area (Å²) in [6.07, 6.45) is -4.52. The molecule has 0 aliphatic carbocycles. The maximum absolute atomic E-state index is 14.9. The van der Waals surface area contributed by atoms with Crippen molar-refractivity contribution in [1.29, 1.82) is 0 Å². The summed E-state index contributed by atoms with van der Waals surface area (Å²) in [5.74, 6) is -11.7. The van der Waals surface area contributed by atoms with E-state index in [-0.39, 0.29) is 49.9 Å².